The molecule has 0 bridgehead atoms. The Morgan fingerprint density at radius 1 is 1.08 bits per heavy atom. The Morgan fingerprint density at radius 2 is 1.88 bits per heavy atom. The molecule has 0 saturated carbocycles. The molecule has 5 heteroatoms. The molecule has 0 atom stereocenters. The van der Waals surface area contributed by atoms with Gasteiger partial charge in [0.2, 0.25) is 0 Å². The molecule has 3 rings (SSSR count). The van der Waals surface area contributed by atoms with Crippen LogP contribution in [0.25, 0.3) is 0 Å². The zero-order valence-electron chi connectivity index (χ0n) is 13.5. The fourth-order valence-corrected chi connectivity index (χ4v) is 3.97. The maximum Gasteiger partial charge on any atom is 0.348 e. The van der Waals surface area contributed by atoms with Crippen LogP contribution in [0.2, 0.25) is 0 Å². The molecule has 2 aromatic rings. The van der Waals surface area contributed by atoms with E-state index in [9.17, 15) is 9.59 Å². The van der Waals surface area contributed by atoms with Crippen LogP contribution in [0.4, 0.5) is 0 Å². The first-order valence-electron chi connectivity index (χ1n) is 8.32. The highest BCUT2D eigenvalue weighted by atomic mass is 32.1. The highest BCUT2D eigenvalue weighted by molar-refractivity contribution is 7.14. The van der Waals surface area contributed by atoms with E-state index in [2.05, 4.69) is 5.32 Å². The molecule has 1 amide bonds. The second kappa shape index (κ2) is 8.11. The van der Waals surface area contributed by atoms with Crippen molar-refractivity contribution in [1.29, 1.82) is 0 Å². The number of rotatable bonds is 5. The van der Waals surface area contributed by atoms with E-state index < -0.39 is 5.97 Å². The van der Waals surface area contributed by atoms with E-state index in [1.54, 1.807) is 0 Å². The smallest absolute Gasteiger partial charge is 0.348 e. The lowest BCUT2D eigenvalue weighted by Gasteiger charge is -2.06. The molecule has 0 radical (unpaired) electrons. The third-order valence-corrected chi connectivity index (χ3v) is 5.33. The Hall–Kier alpha value is -2.14. The molecule has 24 heavy (non-hydrogen) atoms. The van der Waals surface area contributed by atoms with E-state index >= 15 is 0 Å². The second-order valence-electron chi connectivity index (χ2n) is 5.96. The van der Waals surface area contributed by atoms with Crippen molar-refractivity contribution in [2.24, 2.45) is 0 Å². The number of carbonyl (C=O) groups is 2. The van der Waals surface area contributed by atoms with Gasteiger partial charge < -0.3 is 10.1 Å². The Kier molecular flexibility index (Phi) is 5.64. The molecule has 0 fully saturated rings. The van der Waals surface area contributed by atoms with E-state index in [0.29, 0.717) is 11.4 Å². The lowest BCUT2D eigenvalue weighted by atomic mass is 10.1. The first-order valence-corrected chi connectivity index (χ1v) is 9.13. The number of amides is 1. The third kappa shape index (κ3) is 4.45. The van der Waals surface area contributed by atoms with Crippen LogP contribution in [0.3, 0.4) is 0 Å². The van der Waals surface area contributed by atoms with Gasteiger partial charge >= 0.3 is 5.97 Å². The van der Waals surface area contributed by atoms with E-state index in [1.807, 2.05) is 36.4 Å². The third-order valence-electron chi connectivity index (χ3n) is 4.11. The van der Waals surface area contributed by atoms with Crippen LogP contribution >= 0.6 is 11.3 Å². The number of esters is 1. The van der Waals surface area contributed by atoms with Crippen molar-refractivity contribution in [3.05, 3.63) is 57.3 Å². The molecule has 1 aromatic heterocycles. The molecule has 0 aliphatic heterocycles. The monoisotopic (exact) mass is 343 g/mol. The number of carbonyl (C=O) groups excluding carboxylic acids is 2. The Labute approximate surface area is 145 Å². The predicted octanol–water partition coefficient (Wildman–Crippen LogP) is 3.49. The average molecular weight is 343 g/mol. The van der Waals surface area contributed by atoms with Crippen LogP contribution in [-0.4, -0.2) is 18.5 Å². The highest BCUT2D eigenvalue weighted by Crippen LogP contribution is 2.29. The molecule has 0 unspecified atom stereocenters. The maximum absolute atomic E-state index is 12.1. The molecule has 0 spiro atoms. The zero-order chi connectivity index (χ0) is 16.8. The van der Waals surface area contributed by atoms with E-state index in [4.69, 9.17) is 4.74 Å². The van der Waals surface area contributed by atoms with Crippen molar-refractivity contribution in [2.45, 2.75) is 38.6 Å². The first kappa shape index (κ1) is 16.7. The van der Waals surface area contributed by atoms with Gasteiger partial charge in [-0.05, 0) is 42.9 Å². The van der Waals surface area contributed by atoms with E-state index in [-0.39, 0.29) is 12.5 Å². The van der Waals surface area contributed by atoms with Gasteiger partial charge in [0, 0.05) is 11.4 Å². The molecular formula is C19H21NO3S. The van der Waals surface area contributed by atoms with Crippen molar-refractivity contribution in [3.8, 4) is 0 Å². The molecular weight excluding hydrogens is 322 g/mol. The number of thiophene rings is 1. The molecule has 4 nitrogen and oxygen atoms in total. The number of ether oxygens (including phenoxy) is 1. The quantitative estimate of drug-likeness (QED) is 0.668. The normalized spacial score (nSPS) is 13.7. The van der Waals surface area contributed by atoms with E-state index in [1.165, 1.54) is 41.0 Å². The van der Waals surface area contributed by atoms with Gasteiger partial charge in [-0.25, -0.2) is 4.79 Å². The summed E-state index contributed by atoms with van der Waals surface area (Å²) in [7, 11) is 0. The van der Waals surface area contributed by atoms with Crippen LogP contribution in [0, 0.1) is 0 Å². The summed E-state index contributed by atoms with van der Waals surface area (Å²) in [4.78, 5) is 25.9. The summed E-state index contributed by atoms with van der Waals surface area (Å²) in [5.74, 6) is -0.687. The van der Waals surface area contributed by atoms with Crippen LogP contribution in [0.1, 0.15) is 44.9 Å². The van der Waals surface area contributed by atoms with Gasteiger partial charge in [-0.15, -0.1) is 11.3 Å². The van der Waals surface area contributed by atoms with Crippen LogP contribution in [0.15, 0.2) is 36.4 Å². The minimum atomic E-state index is -0.400. The summed E-state index contributed by atoms with van der Waals surface area (Å²) < 4.78 is 5.15. The summed E-state index contributed by atoms with van der Waals surface area (Å²) in [6.45, 7) is 0.193. The number of nitrogens with one attached hydrogen (secondary N) is 1. The van der Waals surface area contributed by atoms with Gasteiger partial charge in [0.25, 0.3) is 5.91 Å². The van der Waals surface area contributed by atoms with Crippen LogP contribution in [0.5, 0.6) is 0 Å². The van der Waals surface area contributed by atoms with Gasteiger partial charge in [0.1, 0.15) is 4.88 Å². The number of aryl methyl sites for hydroxylation is 2. The van der Waals surface area contributed by atoms with Gasteiger partial charge in [-0.3, -0.25) is 4.79 Å². The highest BCUT2D eigenvalue weighted by Gasteiger charge is 2.18. The summed E-state index contributed by atoms with van der Waals surface area (Å²) in [6, 6.07) is 11.6. The number of fused-ring (bicyclic) bond motifs is 1. The van der Waals surface area contributed by atoms with Gasteiger partial charge in [0.15, 0.2) is 6.61 Å². The topological polar surface area (TPSA) is 55.4 Å². The first-order chi connectivity index (χ1) is 11.7. The number of hydrogen-bond donors (Lipinski definition) is 1. The Bertz CT molecular complexity index is 685. The average Bonchev–Trinajstić information content (AvgIpc) is 2.89. The minimum absolute atomic E-state index is 0.242. The van der Waals surface area contributed by atoms with Gasteiger partial charge in [-0.2, -0.15) is 0 Å². The Morgan fingerprint density at radius 3 is 2.71 bits per heavy atom. The van der Waals surface area contributed by atoms with Gasteiger partial charge in [-0.1, -0.05) is 36.8 Å². The van der Waals surface area contributed by atoms with Gasteiger partial charge in [0.05, 0.1) is 0 Å². The maximum atomic E-state index is 12.1. The minimum Gasteiger partial charge on any atom is -0.451 e. The predicted molar refractivity (Wildman–Crippen MR) is 94.1 cm³/mol. The van der Waals surface area contributed by atoms with Crippen LogP contribution in [-0.2, 0) is 28.9 Å². The molecule has 126 valence electrons. The molecule has 0 saturated heterocycles. The fourth-order valence-electron chi connectivity index (χ4n) is 2.82. The molecule has 1 aliphatic rings. The summed E-state index contributed by atoms with van der Waals surface area (Å²) >= 11 is 1.51. The summed E-state index contributed by atoms with van der Waals surface area (Å²) in [6.07, 6.45) is 5.70. The molecule has 1 aliphatic carbocycles. The number of benzene rings is 1. The van der Waals surface area contributed by atoms with Crippen molar-refractivity contribution >= 4 is 23.2 Å². The second-order valence-corrected chi connectivity index (χ2v) is 7.09. The van der Waals surface area contributed by atoms with Crippen molar-refractivity contribution in [3.63, 3.8) is 0 Å². The van der Waals surface area contributed by atoms with Crippen molar-refractivity contribution < 1.29 is 14.3 Å². The largest absolute Gasteiger partial charge is 0.451 e. The number of hydrogen-bond acceptors (Lipinski definition) is 4. The molecule has 1 N–H and O–H groups in total. The SMILES string of the molecule is O=C(COC(=O)c1cc2c(s1)CCCCC2)NCc1ccccc1. The summed E-state index contributed by atoms with van der Waals surface area (Å²) in [5, 5.41) is 2.75. The molecule has 1 aromatic carbocycles. The van der Waals surface area contributed by atoms with Crippen molar-refractivity contribution in [2.75, 3.05) is 6.61 Å². The lowest BCUT2D eigenvalue weighted by Crippen LogP contribution is -2.28. The van der Waals surface area contributed by atoms with Crippen molar-refractivity contribution in [1.82, 2.24) is 5.32 Å². The summed E-state index contributed by atoms with van der Waals surface area (Å²) in [5.41, 5.74) is 2.29. The zero-order valence-corrected chi connectivity index (χ0v) is 14.4. The standard InChI is InChI=1S/C19H21NO3S/c21-18(20-12-14-7-3-1-4-8-14)13-23-19(22)17-11-15-9-5-2-6-10-16(15)24-17/h1,3-4,7-8,11H,2,5-6,9-10,12-13H2,(H,20,21). The Balaban J connectivity index is 1.47. The lowest BCUT2D eigenvalue weighted by molar-refractivity contribution is -0.124. The fraction of sp³-hybridized carbons (Fsp3) is 0.368. The molecule has 1 heterocycles. The van der Waals surface area contributed by atoms with E-state index in [0.717, 1.165) is 18.4 Å². The van der Waals surface area contributed by atoms with Crippen LogP contribution < -0.4 is 5.32 Å².